The van der Waals surface area contributed by atoms with Gasteiger partial charge >= 0.3 is 0 Å². The van der Waals surface area contributed by atoms with E-state index >= 15 is 0 Å². The van der Waals surface area contributed by atoms with Crippen molar-refractivity contribution >= 4 is 27.3 Å². The van der Waals surface area contributed by atoms with Gasteiger partial charge < -0.3 is 16.2 Å². The second kappa shape index (κ2) is 6.09. The lowest BCUT2D eigenvalue weighted by Gasteiger charge is -2.27. The number of halogens is 2. The van der Waals surface area contributed by atoms with Gasteiger partial charge in [-0.3, -0.25) is 0 Å². The summed E-state index contributed by atoms with van der Waals surface area (Å²) < 4.78 is 13.8. The molecule has 0 atom stereocenters. The first-order chi connectivity index (χ1) is 9.00. The first-order valence-corrected chi connectivity index (χ1v) is 7.50. The highest BCUT2D eigenvalue weighted by atomic mass is 79.9. The van der Waals surface area contributed by atoms with Crippen LogP contribution in [0.4, 0.5) is 15.8 Å². The van der Waals surface area contributed by atoms with Crippen LogP contribution in [0.25, 0.3) is 0 Å². The summed E-state index contributed by atoms with van der Waals surface area (Å²) in [5, 5.41) is 13.6. The Morgan fingerprint density at radius 1 is 1.26 bits per heavy atom. The molecule has 0 spiro atoms. The molecule has 0 radical (unpaired) electrons. The smallest absolute Gasteiger partial charge is 0.139 e. The van der Waals surface area contributed by atoms with Crippen LogP contribution < -0.4 is 11.1 Å². The molecule has 2 rings (SSSR count). The first kappa shape index (κ1) is 14.6. The highest BCUT2D eigenvalue weighted by Crippen LogP contribution is 2.30. The van der Waals surface area contributed by atoms with E-state index in [2.05, 4.69) is 21.2 Å². The molecule has 0 heterocycles. The van der Waals surface area contributed by atoms with Crippen LogP contribution >= 0.6 is 15.9 Å². The molecule has 1 saturated carbocycles. The van der Waals surface area contributed by atoms with Gasteiger partial charge in [-0.15, -0.1) is 0 Å². The van der Waals surface area contributed by atoms with Crippen molar-refractivity contribution in [2.24, 2.45) is 0 Å². The lowest BCUT2D eigenvalue weighted by molar-refractivity contribution is 0.0381. The van der Waals surface area contributed by atoms with Gasteiger partial charge in [-0.1, -0.05) is 25.7 Å². The topological polar surface area (TPSA) is 58.3 Å². The maximum Gasteiger partial charge on any atom is 0.139 e. The van der Waals surface area contributed by atoms with E-state index in [-0.39, 0.29) is 5.82 Å². The maximum absolute atomic E-state index is 13.5. The normalized spacial score (nSPS) is 18.9. The molecule has 106 valence electrons. The second-order valence-corrected chi connectivity index (χ2v) is 6.20. The minimum absolute atomic E-state index is 0.351. The first-order valence-electron chi connectivity index (χ1n) is 6.71. The van der Waals surface area contributed by atoms with Crippen LogP contribution in [0, 0.1) is 5.82 Å². The molecule has 1 aliphatic rings. The number of anilines is 2. The van der Waals surface area contributed by atoms with Crippen LogP contribution in [-0.2, 0) is 0 Å². The average molecular weight is 331 g/mol. The van der Waals surface area contributed by atoms with E-state index < -0.39 is 5.60 Å². The molecule has 4 N–H and O–H groups in total. The minimum atomic E-state index is -0.702. The van der Waals surface area contributed by atoms with Crippen molar-refractivity contribution in [2.45, 2.75) is 44.1 Å². The van der Waals surface area contributed by atoms with Gasteiger partial charge in [0.05, 0.1) is 21.4 Å². The lowest BCUT2D eigenvalue weighted by atomic mass is 9.94. The fraction of sp³-hybridized carbons (Fsp3) is 0.571. The number of nitrogen functional groups attached to an aromatic ring is 1. The van der Waals surface area contributed by atoms with Crippen molar-refractivity contribution < 1.29 is 9.50 Å². The molecule has 0 amide bonds. The Morgan fingerprint density at radius 3 is 2.53 bits per heavy atom. The van der Waals surface area contributed by atoms with Crippen LogP contribution in [0.15, 0.2) is 16.6 Å². The van der Waals surface area contributed by atoms with Gasteiger partial charge in [0, 0.05) is 12.6 Å². The van der Waals surface area contributed by atoms with Crippen molar-refractivity contribution in [1.82, 2.24) is 0 Å². The van der Waals surface area contributed by atoms with E-state index in [1.165, 1.54) is 25.0 Å². The monoisotopic (exact) mass is 330 g/mol. The van der Waals surface area contributed by atoms with E-state index in [0.29, 0.717) is 22.4 Å². The van der Waals surface area contributed by atoms with Crippen molar-refractivity contribution in [3.63, 3.8) is 0 Å². The number of nitrogens with two attached hydrogens (primary N) is 1. The lowest BCUT2D eigenvalue weighted by Crippen LogP contribution is -2.36. The molecule has 1 aliphatic carbocycles. The van der Waals surface area contributed by atoms with E-state index in [1.807, 2.05) is 0 Å². The van der Waals surface area contributed by atoms with Gasteiger partial charge in [0.25, 0.3) is 0 Å². The summed E-state index contributed by atoms with van der Waals surface area (Å²) in [4.78, 5) is 0. The maximum atomic E-state index is 13.5. The van der Waals surface area contributed by atoms with Crippen molar-refractivity contribution in [3.8, 4) is 0 Å². The summed E-state index contributed by atoms with van der Waals surface area (Å²) in [6.07, 6.45) is 6.03. The average Bonchev–Trinajstić information content (AvgIpc) is 2.58. The summed E-state index contributed by atoms with van der Waals surface area (Å²) in [6, 6.07) is 2.90. The highest BCUT2D eigenvalue weighted by molar-refractivity contribution is 9.10. The Bertz CT molecular complexity index is 445. The Balaban J connectivity index is 2.03. The second-order valence-electron chi connectivity index (χ2n) is 5.35. The molecule has 0 aromatic heterocycles. The Hall–Kier alpha value is -0.810. The molecular formula is C14H20BrFN2O. The molecular weight excluding hydrogens is 311 g/mol. The molecule has 3 nitrogen and oxygen atoms in total. The van der Waals surface area contributed by atoms with Crippen molar-refractivity contribution in [1.29, 1.82) is 0 Å². The van der Waals surface area contributed by atoms with Crippen LogP contribution in [0.3, 0.4) is 0 Å². The third-order valence-electron chi connectivity index (χ3n) is 3.73. The van der Waals surface area contributed by atoms with E-state index in [0.717, 1.165) is 25.7 Å². The number of hydrogen-bond acceptors (Lipinski definition) is 3. The Morgan fingerprint density at radius 2 is 1.89 bits per heavy atom. The molecule has 5 heteroatoms. The predicted octanol–water partition coefficient (Wildman–Crippen LogP) is 3.67. The molecule has 1 aromatic carbocycles. The molecule has 0 bridgehead atoms. The minimum Gasteiger partial charge on any atom is -0.397 e. The van der Waals surface area contributed by atoms with Crippen LogP contribution in [-0.4, -0.2) is 17.3 Å². The third kappa shape index (κ3) is 3.83. The van der Waals surface area contributed by atoms with Crippen molar-refractivity contribution in [3.05, 3.63) is 22.4 Å². The molecule has 19 heavy (non-hydrogen) atoms. The number of rotatable bonds is 3. The zero-order valence-corrected chi connectivity index (χ0v) is 12.5. The fourth-order valence-corrected chi connectivity index (χ4v) is 2.90. The summed E-state index contributed by atoms with van der Waals surface area (Å²) in [6.45, 7) is 0.415. The number of aliphatic hydroxyl groups is 1. The molecule has 0 unspecified atom stereocenters. The number of hydrogen-bond donors (Lipinski definition) is 3. The number of benzene rings is 1. The largest absolute Gasteiger partial charge is 0.397 e. The van der Waals surface area contributed by atoms with Gasteiger partial charge in [-0.25, -0.2) is 4.39 Å². The quantitative estimate of drug-likeness (QED) is 0.585. The van der Waals surface area contributed by atoms with Crippen LogP contribution in [0.1, 0.15) is 38.5 Å². The highest BCUT2D eigenvalue weighted by Gasteiger charge is 2.27. The Kier molecular flexibility index (Phi) is 4.68. The van der Waals surface area contributed by atoms with E-state index in [1.54, 1.807) is 0 Å². The Labute approximate surface area is 121 Å². The van der Waals surface area contributed by atoms with Crippen molar-refractivity contribution in [2.75, 3.05) is 17.6 Å². The zero-order valence-electron chi connectivity index (χ0n) is 10.9. The summed E-state index contributed by atoms with van der Waals surface area (Å²) in [7, 11) is 0. The van der Waals surface area contributed by atoms with Crippen LogP contribution in [0.2, 0.25) is 0 Å². The third-order valence-corrected chi connectivity index (χ3v) is 4.34. The molecule has 0 saturated heterocycles. The summed E-state index contributed by atoms with van der Waals surface area (Å²) >= 11 is 3.10. The van der Waals surface area contributed by atoms with Gasteiger partial charge in [0.2, 0.25) is 0 Å². The molecule has 0 aliphatic heterocycles. The van der Waals surface area contributed by atoms with Gasteiger partial charge in [0.1, 0.15) is 5.82 Å². The number of nitrogens with one attached hydrogen (secondary N) is 1. The SMILES string of the molecule is Nc1cc(Br)c(F)cc1NCC1(O)CCCCCC1. The molecule has 1 fully saturated rings. The summed E-state index contributed by atoms with van der Waals surface area (Å²) in [5.74, 6) is -0.357. The molecule has 1 aromatic rings. The van der Waals surface area contributed by atoms with Gasteiger partial charge in [-0.05, 0) is 34.8 Å². The van der Waals surface area contributed by atoms with Gasteiger partial charge in [0.15, 0.2) is 0 Å². The van der Waals surface area contributed by atoms with E-state index in [4.69, 9.17) is 5.73 Å². The van der Waals surface area contributed by atoms with E-state index in [9.17, 15) is 9.50 Å². The zero-order chi connectivity index (χ0) is 13.9. The summed E-state index contributed by atoms with van der Waals surface area (Å²) in [5.41, 5.74) is 6.15. The predicted molar refractivity (Wildman–Crippen MR) is 79.7 cm³/mol. The van der Waals surface area contributed by atoms with Crippen LogP contribution in [0.5, 0.6) is 0 Å². The fourth-order valence-electron chi connectivity index (χ4n) is 2.54. The standard InChI is InChI=1S/C14H20BrFN2O/c15-10-7-12(17)13(8-11(10)16)18-9-14(19)5-3-1-2-4-6-14/h7-8,18-19H,1-6,9,17H2. The van der Waals surface area contributed by atoms with Gasteiger partial charge in [-0.2, -0.15) is 0 Å².